The Bertz CT molecular complexity index is 1460. The number of hydrogen-bond acceptors (Lipinski definition) is 6. The van der Waals surface area contributed by atoms with Gasteiger partial charge in [0, 0.05) is 16.0 Å². The Labute approximate surface area is 193 Å². The third-order valence-corrected chi connectivity index (χ3v) is 5.55. The molecule has 0 aliphatic carbocycles. The van der Waals surface area contributed by atoms with Gasteiger partial charge in [-0.05, 0) is 55.0 Å². The van der Waals surface area contributed by atoms with Gasteiger partial charge in [0.25, 0.3) is 0 Å². The zero-order valence-electron chi connectivity index (χ0n) is 17.7. The third-order valence-electron chi connectivity index (χ3n) is 5.31. The van der Waals surface area contributed by atoms with Gasteiger partial charge in [0.05, 0.1) is 12.7 Å². The maximum absolute atomic E-state index is 12.8. The van der Waals surface area contributed by atoms with Crippen LogP contribution in [0.1, 0.15) is 32.0 Å². The molecule has 0 amide bonds. The molecular formula is C26H17ClO6. The van der Waals surface area contributed by atoms with E-state index in [1.54, 1.807) is 61.5 Å². The Balaban J connectivity index is 1.42. The molecule has 0 N–H and O–H groups in total. The summed E-state index contributed by atoms with van der Waals surface area (Å²) in [5, 5.41) is 1.28. The van der Waals surface area contributed by atoms with Crippen molar-refractivity contribution in [2.75, 3.05) is 7.11 Å². The number of ketones is 1. The minimum atomic E-state index is -0.671. The molecular weight excluding hydrogens is 444 g/mol. The maximum atomic E-state index is 12.8. The van der Waals surface area contributed by atoms with E-state index in [1.165, 1.54) is 7.11 Å². The average molecular weight is 461 g/mol. The highest BCUT2D eigenvalue weighted by Gasteiger charge is 2.31. The SMILES string of the molecule is COc1cccc2cc(C(=O)Oc3ccc4c(c3C)O/C(=C\c3cccc(Cl)c3)C4=O)oc12. The number of methoxy groups -OCH3 is 1. The number of ether oxygens (including phenoxy) is 3. The summed E-state index contributed by atoms with van der Waals surface area (Å²) >= 11 is 6.03. The molecule has 164 valence electrons. The fourth-order valence-electron chi connectivity index (χ4n) is 3.67. The predicted octanol–water partition coefficient (Wildman–Crippen LogP) is 6.24. The van der Waals surface area contributed by atoms with Crippen LogP contribution in [-0.2, 0) is 0 Å². The number of allylic oxidation sites excluding steroid dienone is 1. The molecule has 0 spiro atoms. The van der Waals surface area contributed by atoms with Crippen LogP contribution >= 0.6 is 11.6 Å². The van der Waals surface area contributed by atoms with E-state index in [4.69, 9.17) is 30.2 Å². The topological polar surface area (TPSA) is 75.0 Å². The van der Waals surface area contributed by atoms with Crippen molar-refractivity contribution in [1.82, 2.24) is 0 Å². The van der Waals surface area contributed by atoms with Crippen LogP contribution in [0.3, 0.4) is 0 Å². The molecule has 4 aromatic rings. The van der Waals surface area contributed by atoms with E-state index in [0.717, 1.165) is 10.9 Å². The van der Waals surface area contributed by atoms with Gasteiger partial charge in [-0.1, -0.05) is 35.9 Å². The minimum Gasteiger partial charge on any atom is -0.493 e. The van der Waals surface area contributed by atoms with Gasteiger partial charge in [0.1, 0.15) is 11.5 Å². The second kappa shape index (κ2) is 8.15. The molecule has 7 heteroatoms. The Hall–Kier alpha value is -4.03. The molecule has 1 aliphatic heterocycles. The fourth-order valence-corrected chi connectivity index (χ4v) is 3.87. The summed E-state index contributed by atoms with van der Waals surface area (Å²) in [6, 6.07) is 17.2. The summed E-state index contributed by atoms with van der Waals surface area (Å²) in [6.07, 6.45) is 1.63. The number of rotatable bonds is 4. The number of carbonyl (C=O) groups is 2. The number of furan rings is 1. The average Bonchev–Trinajstić information content (AvgIpc) is 3.38. The second-order valence-corrected chi connectivity index (χ2v) is 7.88. The third kappa shape index (κ3) is 3.75. The molecule has 1 aliphatic rings. The molecule has 0 radical (unpaired) electrons. The number of benzene rings is 3. The van der Waals surface area contributed by atoms with Crippen LogP contribution < -0.4 is 14.2 Å². The van der Waals surface area contributed by atoms with Gasteiger partial charge >= 0.3 is 5.97 Å². The largest absolute Gasteiger partial charge is 0.493 e. The van der Waals surface area contributed by atoms with E-state index in [9.17, 15) is 9.59 Å². The highest BCUT2D eigenvalue weighted by Crippen LogP contribution is 2.40. The molecule has 0 saturated heterocycles. The summed E-state index contributed by atoms with van der Waals surface area (Å²) in [6.45, 7) is 1.72. The zero-order valence-corrected chi connectivity index (χ0v) is 18.4. The first-order chi connectivity index (χ1) is 15.9. The molecule has 6 nitrogen and oxygen atoms in total. The molecule has 2 heterocycles. The van der Waals surface area contributed by atoms with E-state index in [2.05, 4.69) is 0 Å². The molecule has 0 saturated carbocycles. The first kappa shape index (κ1) is 20.8. The van der Waals surface area contributed by atoms with Crippen molar-refractivity contribution in [2.24, 2.45) is 0 Å². The summed E-state index contributed by atoms with van der Waals surface area (Å²) in [5.41, 5.74) is 2.12. The molecule has 3 aromatic carbocycles. The van der Waals surface area contributed by atoms with Crippen molar-refractivity contribution < 1.29 is 28.2 Å². The lowest BCUT2D eigenvalue weighted by molar-refractivity contribution is 0.0702. The van der Waals surface area contributed by atoms with Crippen molar-refractivity contribution >= 4 is 40.4 Å². The molecule has 0 bridgehead atoms. The first-order valence-corrected chi connectivity index (χ1v) is 10.4. The zero-order chi connectivity index (χ0) is 23.1. The lowest BCUT2D eigenvalue weighted by Gasteiger charge is -2.09. The van der Waals surface area contributed by atoms with Crippen molar-refractivity contribution in [3.05, 3.63) is 93.9 Å². The Morgan fingerprint density at radius 1 is 1.03 bits per heavy atom. The maximum Gasteiger partial charge on any atom is 0.379 e. The first-order valence-electron chi connectivity index (χ1n) is 10.1. The number of halogens is 1. The number of esters is 1. The second-order valence-electron chi connectivity index (χ2n) is 7.44. The summed E-state index contributed by atoms with van der Waals surface area (Å²) in [5.74, 6) is 0.417. The van der Waals surface area contributed by atoms with Gasteiger partial charge in [0.15, 0.2) is 17.1 Å². The minimum absolute atomic E-state index is 0.0351. The number of carbonyl (C=O) groups excluding carboxylic acids is 2. The number of fused-ring (bicyclic) bond motifs is 2. The molecule has 0 atom stereocenters. The number of Topliss-reactive ketones (excluding diaryl/α,β-unsaturated/α-hetero) is 1. The lowest BCUT2D eigenvalue weighted by atomic mass is 10.1. The highest BCUT2D eigenvalue weighted by molar-refractivity contribution is 6.30. The van der Waals surface area contributed by atoms with Crippen molar-refractivity contribution in [3.8, 4) is 17.2 Å². The fraction of sp³-hybridized carbons (Fsp3) is 0.0769. The summed E-state index contributed by atoms with van der Waals surface area (Å²) < 4.78 is 22.3. The van der Waals surface area contributed by atoms with Gasteiger partial charge < -0.3 is 18.6 Å². The van der Waals surface area contributed by atoms with Crippen LogP contribution in [0.15, 0.2) is 70.8 Å². The summed E-state index contributed by atoms with van der Waals surface area (Å²) in [7, 11) is 1.53. The molecule has 1 aromatic heterocycles. The quantitative estimate of drug-likeness (QED) is 0.204. The van der Waals surface area contributed by atoms with Crippen molar-refractivity contribution in [2.45, 2.75) is 6.92 Å². The summed E-state index contributed by atoms with van der Waals surface area (Å²) in [4.78, 5) is 25.5. The molecule has 33 heavy (non-hydrogen) atoms. The van der Waals surface area contributed by atoms with E-state index >= 15 is 0 Å². The van der Waals surface area contributed by atoms with Crippen LogP contribution in [0.5, 0.6) is 17.2 Å². The number of para-hydroxylation sites is 1. The Kier molecular flexibility index (Phi) is 5.15. The monoisotopic (exact) mass is 460 g/mol. The van der Waals surface area contributed by atoms with E-state index in [-0.39, 0.29) is 23.1 Å². The van der Waals surface area contributed by atoms with Gasteiger partial charge in [0.2, 0.25) is 11.5 Å². The van der Waals surface area contributed by atoms with Gasteiger partial charge in [-0.25, -0.2) is 4.79 Å². The van der Waals surface area contributed by atoms with E-state index < -0.39 is 5.97 Å². The van der Waals surface area contributed by atoms with Crippen LogP contribution in [0.4, 0.5) is 0 Å². The molecule has 0 fully saturated rings. The smallest absolute Gasteiger partial charge is 0.379 e. The van der Waals surface area contributed by atoms with Crippen molar-refractivity contribution in [1.29, 1.82) is 0 Å². The van der Waals surface area contributed by atoms with Gasteiger partial charge in [-0.15, -0.1) is 0 Å². The van der Waals surface area contributed by atoms with Crippen LogP contribution in [0, 0.1) is 6.92 Å². The van der Waals surface area contributed by atoms with Gasteiger partial charge in [-0.2, -0.15) is 0 Å². The van der Waals surface area contributed by atoms with Gasteiger partial charge in [-0.3, -0.25) is 4.79 Å². The van der Waals surface area contributed by atoms with Crippen molar-refractivity contribution in [3.63, 3.8) is 0 Å². The Morgan fingerprint density at radius 2 is 1.85 bits per heavy atom. The highest BCUT2D eigenvalue weighted by atomic mass is 35.5. The number of hydrogen-bond donors (Lipinski definition) is 0. The standard InChI is InChI=1S/C26H17ClO6/c1-14-19(33-26(29)22-13-16-6-4-8-20(30-2)25(16)32-22)10-9-18-23(28)21(31-24(14)18)12-15-5-3-7-17(27)11-15/h3-13H,1-2H3/b21-12-. The normalized spacial score (nSPS) is 13.8. The van der Waals surface area contributed by atoms with Crippen LogP contribution in [0.2, 0.25) is 5.02 Å². The lowest BCUT2D eigenvalue weighted by Crippen LogP contribution is -2.08. The van der Waals surface area contributed by atoms with Crippen LogP contribution in [0.25, 0.3) is 17.0 Å². The van der Waals surface area contributed by atoms with Crippen LogP contribution in [-0.4, -0.2) is 18.9 Å². The molecule has 0 unspecified atom stereocenters. The van der Waals surface area contributed by atoms with E-state index in [1.807, 2.05) is 12.1 Å². The predicted molar refractivity (Wildman–Crippen MR) is 123 cm³/mol. The Morgan fingerprint density at radius 3 is 2.64 bits per heavy atom. The molecule has 5 rings (SSSR count). The van der Waals surface area contributed by atoms with E-state index in [0.29, 0.717) is 33.2 Å².